The zero-order valence-corrected chi connectivity index (χ0v) is 14.7. The van der Waals surface area contributed by atoms with Crippen LogP contribution < -0.4 is 19.5 Å². The fourth-order valence-electron chi connectivity index (χ4n) is 2.04. The van der Waals surface area contributed by atoms with Gasteiger partial charge < -0.3 is 19.5 Å². The van der Waals surface area contributed by atoms with E-state index in [-0.39, 0.29) is 6.10 Å². The molecule has 0 saturated heterocycles. The molecule has 0 heterocycles. The quantitative estimate of drug-likeness (QED) is 0.767. The van der Waals surface area contributed by atoms with Crippen molar-refractivity contribution in [3.8, 4) is 17.2 Å². The highest BCUT2D eigenvalue weighted by molar-refractivity contribution is 6.35. The van der Waals surface area contributed by atoms with Crippen molar-refractivity contribution in [2.45, 2.75) is 13.0 Å². The van der Waals surface area contributed by atoms with Crippen LogP contribution in [0.3, 0.4) is 0 Å². The summed E-state index contributed by atoms with van der Waals surface area (Å²) in [4.78, 5) is 0. The highest BCUT2D eigenvalue weighted by Crippen LogP contribution is 2.30. The lowest BCUT2D eigenvalue weighted by Crippen LogP contribution is -2.23. The summed E-state index contributed by atoms with van der Waals surface area (Å²) in [6.07, 6.45) is -0.107. The number of anilines is 1. The number of hydrogen-bond donors (Lipinski definition) is 1. The molecule has 4 nitrogen and oxygen atoms in total. The average Bonchev–Trinajstić information content (AvgIpc) is 2.55. The first-order chi connectivity index (χ1) is 11.0. The number of ether oxygens (including phenoxy) is 3. The van der Waals surface area contributed by atoms with Crippen molar-refractivity contribution in [1.82, 2.24) is 0 Å². The smallest absolute Gasteiger partial charge is 0.142 e. The first-order valence-electron chi connectivity index (χ1n) is 7.11. The molecule has 0 spiro atoms. The molecule has 2 rings (SSSR count). The van der Waals surface area contributed by atoms with E-state index in [1.54, 1.807) is 32.4 Å². The van der Waals surface area contributed by atoms with Crippen molar-refractivity contribution in [3.05, 3.63) is 46.4 Å². The van der Waals surface area contributed by atoms with Crippen LogP contribution in [0.25, 0.3) is 0 Å². The van der Waals surface area contributed by atoms with Crippen molar-refractivity contribution in [2.75, 3.05) is 26.1 Å². The van der Waals surface area contributed by atoms with E-state index in [0.717, 1.165) is 17.2 Å². The molecule has 0 bridgehead atoms. The SMILES string of the molecule is COc1ccc(OC)c(NCC(C)Oc2ccc(Cl)cc2Cl)c1. The van der Waals surface area contributed by atoms with Gasteiger partial charge in [-0.15, -0.1) is 0 Å². The van der Waals surface area contributed by atoms with Crippen LogP contribution in [0.1, 0.15) is 6.92 Å². The topological polar surface area (TPSA) is 39.7 Å². The minimum Gasteiger partial charge on any atom is -0.497 e. The van der Waals surface area contributed by atoms with Gasteiger partial charge in [-0.05, 0) is 37.3 Å². The summed E-state index contributed by atoms with van der Waals surface area (Å²) in [5.74, 6) is 2.09. The summed E-state index contributed by atoms with van der Waals surface area (Å²) in [6, 6.07) is 10.7. The van der Waals surface area contributed by atoms with Gasteiger partial charge in [-0.2, -0.15) is 0 Å². The van der Waals surface area contributed by atoms with Gasteiger partial charge in [0.1, 0.15) is 23.4 Å². The van der Waals surface area contributed by atoms with E-state index in [2.05, 4.69) is 5.32 Å². The van der Waals surface area contributed by atoms with Gasteiger partial charge in [0.15, 0.2) is 0 Å². The lowest BCUT2D eigenvalue weighted by atomic mass is 10.2. The molecule has 0 aliphatic heterocycles. The Morgan fingerprint density at radius 3 is 2.39 bits per heavy atom. The van der Waals surface area contributed by atoms with Crippen LogP contribution in [-0.2, 0) is 0 Å². The number of benzene rings is 2. The van der Waals surface area contributed by atoms with Crippen molar-refractivity contribution in [1.29, 1.82) is 0 Å². The van der Waals surface area contributed by atoms with Gasteiger partial charge in [0, 0.05) is 11.1 Å². The van der Waals surface area contributed by atoms with E-state index in [9.17, 15) is 0 Å². The Kier molecular flexibility index (Phi) is 6.25. The number of rotatable bonds is 7. The van der Waals surface area contributed by atoms with Crippen LogP contribution in [-0.4, -0.2) is 26.9 Å². The number of halogens is 2. The molecule has 2 aromatic carbocycles. The number of hydrogen-bond acceptors (Lipinski definition) is 4. The van der Waals surface area contributed by atoms with Crippen molar-refractivity contribution in [3.63, 3.8) is 0 Å². The van der Waals surface area contributed by atoms with Crippen molar-refractivity contribution >= 4 is 28.9 Å². The average molecular weight is 356 g/mol. The monoisotopic (exact) mass is 355 g/mol. The van der Waals surface area contributed by atoms with E-state index in [0.29, 0.717) is 22.3 Å². The van der Waals surface area contributed by atoms with Crippen LogP contribution in [0.15, 0.2) is 36.4 Å². The highest BCUT2D eigenvalue weighted by Gasteiger charge is 2.10. The molecule has 6 heteroatoms. The standard InChI is InChI=1S/C17H19Cl2NO3/c1-11(23-16-6-4-12(18)8-14(16)19)10-20-15-9-13(21-2)5-7-17(15)22-3/h4-9,11,20H,10H2,1-3H3. The van der Waals surface area contributed by atoms with E-state index in [1.165, 1.54) is 0 Å². The fourth-order valence-corrected chi connectivity index (χ4v) is 2.49. The van der Waals surface area contributed by atoms with Crippen LogP contribution in [0.4, 0.5) is 5.69 Å². The molecular weight excluding hydrogens is 337 g/mol. The van der Waals surface area contributed by atoms with E-state index >= 15 is 0 Å². The predicted molar refractivity (Wildman–Crippen MR) is 94.6 cm³/mol. The van der Waals surface area contributed by atoms with Crippen LogP contribution in [0.2, 0.25) is 10.0 Å². The Balaban J connectivity index is 2.00. The summed E-state index contributed by atoms with van der Waals surface area (Å²) in [5.41, 5.74) is 0.838. The second-order valence-corrected chi connectivity index (χ2v) is 5.79. The second-order valence-electron chi connectivity index (χ2n) is 4.95. The molecule has 2 aromatic rings. The number of methoxy groups -OCH3 is 2. The Bertz CT molecular complexity index is 664. The Morgan fingerprint density at radius 2 is 1.74 bits per heavy atom. The maximum atomic E-state index is 6.11. The van der Waals surface area contributed by atoms with E-state index in [1.807, 2.05) is 25.1 Å². The Labute approximate surface area is 146 Å². The summed E-state index contributed by atoms with van der Waals surface area (Å²) < 4.78 is 16.4. The molecule has 0 amide bonds. The maximum absolute atomic E-state index is 6.11. The van der Waals surface area contributed by atoms with E-state index in [4.69, 9.17) is 37.4 Å². The van der Waals surface area contributed by atoms with Crippen molar-refractivity contribution < 1.29 is 14.2 Å². The maximum Gasteiger partial charge on any atom is 0.142 e. The summed E-state index contributed by atoms with van der Waals surface area (Å²) in [6.45, 7) is 2.52. The van der Waals surface area contributed by atoms with Crippen LogP contribution >= 0.6 is 23.2 Å². The first kappa shape index (κ1) is 17.6. The van der Waals surface area contributed by atoms with Crippen LogP contribution in [0.5, 0.6) is 17.2 Å². The number of nitrogens with one attached hydrogen (secondary N) is 1. The van der Waals surface area contributed by atoms with Gasteiger partial charge in [0.05, 0.1) is 31.5 Å². The summed E-state index contributed by atoms with van der Waals surface area (Å²) in [5, 5.41) is 4.36. The summed E-state index contributed by atoms with van der Waals surface area (Å²) >= 11 is 12.0. The minimum absolute atomic E-state index is 0.107. The zero-order valence-electron chi connectivity index (χ0n) is 13.2. The molecule has 0 aromatic heterocycles. The Hall–Kier alpha value is -1.78. The molecule has 23 heavy (non-hydrogen) atoms. The van der Waals surface area contributed by atoms with Gasteiger partial charge in [-0.25, -0.2) is 0 Å². The van der Waals surface area contributed by atoms with Gasteiger partial charge in [-0.3, -0.25) is 0 Å². The molecule has 1 unspecified atom stereocenters. The molecule has 0 saturated carbocycles. The lowest BCUT2D eigenvalue weighted by molar-refractivity contribution is 0.235. The van der Waals surface area contributed by atoms with E-state index < -0.39 is 0 Å². The minimum atomic E-state index is -0.107. The van der Waals surface area contributed by atoms with Gasteiger partial charge >= 0.3 is 0 Å². The highest BCUT2D eigenvalue weighted by atomic mass is 35.5. The van der Waals surface area contributed by atoms with Gasteiger partial charge in [0.25, 0.3) is 0 Å². The third kappa shape index (κ3) is 4.85. The van der Waals surface area contributed by atoms with Gasteiger partial charge in [0.2, 0.25) is 0 Å². The molecule has 1 N–H and O–H groups in total. The lowest BCUT2D eigenvalue weighted by Gasteiger charge is -2.18. The first-order valence-corrected chi connectivity index (χ1v) is 7.86. The molecule has 124 valence electrons. The third-order valence-corrected chi connectivity index (χ3v) is 3.74. The van der Waals surface area contributed by atoms with Crippen molar-refractivity contribution in [2.24, 2.45) is 0 Å². The molecule has 0 aliphatic carbocycles. The normalized spacial score (nSPS) is 11.7. The summed E-state index contributed by atoms with van der Waals surface area (Å²) in [7, 11) is 3.25. The van der Waals surface area contributed by atoms with Gasteiger partial charge in [-0.1, -0.05) is 23.2 Å². The van der Waals surface area contributed by atoms with Crippen LogP contribution in [0, 0.1) is 0 Å². The molecule has 1 atom stereocenters. The molecule has 0 aliphatic rings. The second kappa shape index (κ2) is 8.18. The third-order valence-electron chi connectivity index (χ3n) is 3.21. The predicted octanol–water partition coefficient (Wildman–Crippen LogP) is 4.89. The Morgan fingerprint density at radius 1 is 1.00 bits per heavy atom. The molecule has 0 radical (unpaired) electrons. The molecular formula is C17H19Cl2NO3. The fraction of sp³-hybridized carbons (Fsp3) is 0.294. The zero-order chi connectivity index (χ0) is 16.8. The molecule has 0 fully saturated rings. The largest absolute Gasteiger partial charge is 0.497 e.